The van der Waals surface area contributed by atoms with E-state index >= 15 is 0 Å². The Balaban J connectivity index is 1.72. The summed E-state index contributed by atoms with van der Waals surface area (Å²) in [6.07, 6.45) is 0.774. The first-order valence-electron chi connectivity index (χ1n) is 9.52. The van der Waals surface area contributed by atoms with E-state index in [4.69, 9.17) is 18.9 Å². The number of carbonyl (C=O) groups is 1. The van der Waals surface area contributed by atoms with Crippen molar-refractivity contribution in [2.24, 2.45) is 0 Å². The lowest BCUT2D eigenvalue weighted by atomic mass is 10.2. The zero-order valence-corrected chi connectivity index (χ0v) is 18.5. The number of carbonyl (C=O) groups excluding carboxylic acids is 1. The van der Waals surface area contributed by atoms with Crippen molar-refractivity contribution in [3.8, 4) is 23.0 Å². The van der Waals surface area contributed by atoms with E-state index in [-0.39, 0.29) is 0 Å². The molecule has 0 saturated carbocycles. The van der Waals surface area contributed by atoms with Gasteiger partial charge in [-0.1, -0.05) is 36.4 Å². The monoisotopic (exact) mass is 470 g/mol. The molecule has 0 radical (unpaired) electrons. The molecule has 0 aliphatic carbocycles. The smallest absolute Gasteiger partial charge is 0.175 e. The molecule has 30 heavy (non-hydrogen) atoms. The minimum atomic E-state index is 0.300. The molecule has 5 nitrogen and oxygen atoms in total. The normalized spacial score (nSPS) is 10.4. The predicted molar refractivity (Wildman–Crippen MR) is 119 cm³/mol. The first kappa shape index (κ1) is 21.7. The highest BCUT2D eigenvalue weighted by molar-refractivity contribution is 9.10. The summed E-state index contributed by atoms with van der Waals surface area (Å²) in [7, 11) is 1.61. The maximum absolute atomic E-state index is 11.1. The van der Waals surface area contributed by atoms with Crippen LogP contribution in [0.3, 0.4) is 0 Å². The highest BCUT2D eigenvalue weighted by atomic mass is 79.9. The van der Waals surface area contributed by atoms with Crippen molar-refractivity contribution in [3.63, 3.8) is 0 Å². The number of halogens is 1. The van der Waals surface area contributed by atoms with Crippen molar-refractivity contribution >= 4 is 22.2 Å². The third kappa shape index (κ3) is 5.54. The minimum absolute atomic E-state index is 0.300. The molecule has 0 aromatic heterocycles. The van der Waals surface area contributed by atoms with Crippen LogP contribution in [0.4, 0.5) is 0 Å². The number of benzene rings is 3. The van der Waals surface area contributed by atoms with Crippen LogP contribution >= 0.6 is 15.9 Å². The summed E-state index contributed by atoms with van der Waals surface area (Å²) < 4.78 is 23.7. The van der Waals surface area contributed by atoms with Crippen molar-refractivity contribution in [2.75, 3.05) is 13.7 Å². The van der Waals surface area contributed by atoms with Crippen LogP contribution in [0.15, 0.2) is 65.1 Å². The summed E-state index contributed by atoms with van der Waals surface area (Å²) in [4.78, 5) is 11.1. The van der Waals surface area contributed by atoms with Crippen molar-refractivity contribution in [3.05, 3.63) is 81.8 Å². The van der Waals surface area contributed by atoms with Crippen LogP contribution in [0, 0.1) is 0 Å². The maximum atomic E-state index is 11.1. The molecule has 0 spiro atoms. The van der Waals surface area contributed by atoms with Gasteiger partial charge in [0.05, 0.1) is 18.2 Å². The molecule has 0 unspecified atom stereocenters. The van der Waals surface area contributed by atoms with E-state index in [9.17, 15) is 4.79 Å². The number of aldehydes is 1. The van der Waals surface area contributed by atoms with Crippen LogP contribution in [0.5, 0.6) is 23.0 Å². The van der Waals surface area contributed by atoms with Crippen molar-refractivity contribution in [1.82, 2.24) is 0 Å². The third-order valence-electron chi connectivity index (χ3n) is 4.32. The van der Waals surface area contributed by atoms with E-state index in [0.29, 0.717) is 52.9 Å². The lowest BCUT2D eigenvalue weighted by molar-refractivity contribution is 0.112. The summed E-state index contributed by atoms with van der Waals surface area (Å²) in [6, 6.07) is 19.0. The first-order valence-corrected chi connectivity index (χ1v) is 10.3. The fourth-order valence-corrected chi connectivity index (χ4v) is 3.45. The zero-order chi connectivity index (χ0) is 21.3. The molecule has 0 fully saturated rings. The van der Waals surface area contributed by atoms with E-state index in [1.807, 2.05) is 55.5 Å². The van der Waals surface area contributed by atoms with Gasteiger partial charge in [-0.2, -0.15) is 0 Å². The van der Waals surface area contributed by atoms with Gasteiger partial charge >= 0.3 is 0 Å². The number of rotatable bonds is 10. The lowest BCUT2D eigenvalue weighted by Gasteiger charge is -2.16. The van der Waals surface area contributed by atoms with E-state index in [0.717, 1.165) is 17.4 Å². The Kier molecular flexibility index (Phi) is 7.74. The van der Waals surface area contributed by atoms with Gasteiger partial charge in [0.1, 0.15) is 19.5 Å². The quantitative estimate of drug-likeness (QED) is 0.349. The Morgan fingerprint density at radius 1 is 0.833 bits per heavy atom. The predicted octanol–water partition coefficient (Wildman–Crippen LogP) is 5.83. The molecule has 0 aliphatic rings. The van der Waals surface area contributed by atoms with Crippen LogP contribution in [0.1, 0.15) is 28.4 Å². The Bertz CT molecular complexity index is 988. The average Bonchev–Trinajstić information content (AvgIpc) is 2.78. The van der Waals surface area contributed by atoms with Gasteiger partial charge in [-0.05, 0) is 58.2 Å². The lowest BCUT2D eigenvalue weighted by Crippen LogP contribution is -2.02. The molecule has 0 N–H and O–H groups in total. The largest absolute Gasteiger partial charge is 0.493 e. The van der Waals surface area contributed by atoms with E-state index in [2.05, 4.69) is 15.9 Å². The van der Waals surface area contributed by atoms with Gasteiger partial charge < -0.3 is 18.9 Å². The summed E-state index contributed by atoms with van der Waals surface area (Å²) in [5.41, 5.74) is 2.51. The summed E-state index contributed by atoms with van der Waals surface area (Å²) in [6.45, 7) is 3.10. The number of hydrogen-bond acceptors (Lipinski definition) is 5. The number of hydrogen-bond donors (Lipinski definition) is 0. The van der Waals surface area contributed by atoms with Gasteiger partial charge in [-0.25, -0.2) is 0 Å². The van der Waals surface area contributed by atoms with Crippen LogP contribution in [-0.2, 0) is 13.2 Å². The van der Waals surface area contributed by atoms with Crippen LogP contribution in [0.25, 0.3) is 0 Å². The first-order chi connectivity index (χ1) is 14.6. The Labute approximate surface area is 184 Å². The standard InChI is InChI=1S/C24H23BrO5/c1-3-28-23-13-19(14-26)11-20(25)24(23)30-16-18-9-10-21(22(12-18)27-2)29-15-17-7-5-4-6-8-17/h4-14H,3,15-16H2,1-2H3. The van der Waals surface area contributed by atoms with E-state index < -0.39 is 0 Å². The van der Waals surface area contributed by atoms with Crippen molar-refractivity contribution in [1.29, 1.82) is 0 Å². The number of methoxy groups -OCH3 is 1. The van der Waals surface area contributed by atoms with Crippen molar-refractivity contribution < 1.29 is 23.7 Å². The summed E-state index contributed by atoms with van der Waals surface area (Å²) >= 11 is 3.46. The molecule has 156 valence electrons. The molecular formula is C24H23BrO5. The van der Waals surface area contributed by atoms with Crippen molar-refractivity contribution in [2.45, 2.75) is 20.1 Å². The fourth-order valence-electron chi connectivity index (χ4n) is 2.87. The van der Waals surface area contributed by atoms with Gasteiger partial charge in [0.15, 0.2) is 23.0 Å². The second kappa shape index (κ2) is 10.7. The molecule has 3 aromatic rings. The average molecular weight is 471 g/mol. The second-order valence-electron chi connectivity index (χ2n) is 6.43. The molecule has 0 heterocycles. The van der Waals surface area contributed by atoms with Gasteiger partial charge in [0, 0.05) is 5.56 Å². The summed E-state index contributed by atoms with van der Waals surface area (Å²) in [5.74, 6) is 2.36. The molecule has 0 bridgehead atoms. The van der Waals surface area contributed by atoms with Gasteiger partial charge in [0.25, 0.3) is 0 Å². The summed E-state index contributed by atoms with van der Waals surface area (Å²) in [5, 5.41) is 0. The Morgan fingerprint density at radius 2 is 1.60 bits per heavy atom. The molecule has 3 rings (SSSR count). The highest BCUT2D eigenvalue weighted by Crippen LogP contribution is 2.37. The molecule has 3 aromatic carbocycles. The third-order valence-corrected chi connectivity index (χ3v) is 4.91. The van der Waals surface area contributed by atoms with Gasteiger partial charge in [-0.3, -0.25) is 4.79 Å². The molecule has 0 atom stereocenters. The van der Waals surface area contributed by atoms with E-state index in [1.54, 1.807) is 19.2 Å². The minimum Gasteiger partial charge on any atom is -0.493 e. The molecular weight excluding hydrogens is 448 g/mol. The van der Waals surface area contributed by atoms with Gasteiger partial charge in [0.2, 0.25) is 0 Å². The SMILES string of the molecule is CCOc1cc(C=O)cc(Br)c1OCc1ccc(OCc2ccccc2)c(OC)c1. The Morgan fingerprint density at radius 3 is 2.30 bits per heavy atom. The van der Waals surface area contributed by atoms with Crippen LogP contribution in [-0.4, -0.2) is 20.0 Å². The second-order valence-corrected chi connectivity index (χ2v) is 7.28. The topological polar surface area (TPSA) is 54.0 Å². The van der Waals surface area contributed by atoms with Crippen LogP contribution < -0.4 is 18.9 Å². The van der Waals surface area contributed by atoms with Crippen LogP contribution in [0.2, 0.25) is 0 Å². The van der Waals surface area contributed by atoms with E-state index in [1.165, 1.54) is 0 Å². The Hall–Kier alpha value is -2.99. The highest BCUT2D eigenvalue weighted by Gasteiger charge is 2.13. The molecule has 6 heteroatoms. The molecule has 0 aliphatic heterocycles. The number of ether oxygens (including phenoxy) is 4. The molecule has 0 amide bonds. The zero-order valence-electron chi connectivity index (χ0n) is 16.9. The maximum Gasteiger partial charge on any atom is 0.175 e. The van der Waals surface area contributed by atoms with Gasteiger partial charge in [-0.15, -0.1) is 0 Å². The fraction of sp³-hybridized carbons (Fsp3) is 0.208. The molecule has 0 saturated heterocycles.